The van der Waals surface area contributed by atoms with E-state index in [0.29, 0.717) is 9.75 Å². The van der Waals surface area contributed by atoms with Crippen LogP contribution in [-0.4, -0.2) is 35.2 Å². The SMILES string of the molecule is CC(C)S(=O)(=O)N(C)Cc1ccc(-c2noc(C(F)(F)F)n2)s1. The Hall–Kier alpha value is -1.46. The van der Waals surface area contributed by atoms with Gasteiger partial charge in [-0.3, -0.25) is 0 Å². The van der Waals surface area contributed by atoms with Crippen molar-refractivity contribution in [1.29, 1.82) is 0 Å². The Morgan fingerprint density at radius 3 is 2.52 bits per heavy atom. The second-order valence-corrected chi connectivity index (χ2v) is 8.80. The number of sulfonamides is 1. The second kappa shape index (κ2) is 6.21. The zero-order valence-corrected chi connectivity index (χ0v) is 14.1. The van der Waals surface area contributed by atoms with Gasteiger partial charge in [0.15, 0.2) is 0 Å². The van der Waals surface area contributed by atoms with Crippen LogP contribution in [0.3, 0.4) is 0 Å². The van der Waals surface area contributed by atoms with Crippen LogP contribution in [0.15, 0.2) is 16.7 Å². The van der Waals surface area contributed by atoms with Gasteiger partial charge in [0.25, 0.3) is 0 Å². The monoisotopic (exact) mass is 369 g/mol. The predicted octanol–water partition coefficient (Wildman–Crippen LogP) is 2.99. The van der Waals surface area contributed by atoms with Crippen molar-refractivity contribution >= 4 is 21.4 Å². The Kier molecular flexibility index (Phi) is 4.83. The maximum Gasteiger partial charge on any atom is 0.471 e. The number of halogens is 3. The van der Waals surface area contributed by atoms with Crippen LogP contribution < -0.4 is 0 Å². The van der Waals surface area contributed by atoms with Crippen molar-refractivity contribution in [3.63, 3.8) is 0 Å². The summed E-state index contributed by atoms with van der Waals surface area (Å²) in [6.45, 7) is 3.27. The maximum absolute atomic E-state index is 12.4. The molecule has 0 bridgehead atoms. The Morgan fingerprint density at radius 1 is 1.35 bits per heavy atom. The van der Waals surface area contributed by atoms with Crippen molar-refractivity contribution < 1.29 is 26.1 Å². The first-order valence-corrected chi connectivity index (χ1v) is 8.79. The van der Waals surface area contributed by atoms with Gasteiger partial charge in [0, 0.05) is 18.5 Å². The predicted molar refractivity (Wildman–Crippen MR) is 78.1 cm³/mol. The van der Waals surface area contributed by atoms with E-state index in [1.807, 2.05) is 0 Å². The molecule has 0 aliphatic carbocycles. The highest BCUT2D eigenvalue weighted by atomic mass is 32.2. The fourth-order valence-corrected chi connectivity index (χ4v) is 3.80. The van der Waals surface area contributed by atoms with Crippen LogP contribution in [0.25, 0.3) is 10.7 Å². The van der Waals surface area contributed by atoms with E-state index in [4.69, 9.17) is 0 Å². The minimum absolute atomic E-state index is 0.120. The van der Waals surface area contributed by atoms with E-state index in [1.54, 1.807) is 19.9 Å². The van der Waals surface area contributed by atoms with E-state index in [9.17, 15) is 21.6 Å². The number of alkyl halides is 3. The highest BCUT2D eigenvalue weighted by Crippen LogP contribution is 2.32. The summed E-state index contributed by atoms with van der Waals surface area (Å²) in [6.07, 6.45) is -4.70. The number of hydrogen-bond acceptors (Lipinski definition) is 6. The summed E-state index contributed by atoms with van der Waals surface area (Å²) >= 11 is 1.11. The molecule has 0 aliphatic heterocycles. The molecule has 0 radical (unpaired) electrons. The Morgan fingerprint density at radius 2 is 2.00 bits per heavy atom. The van der Waals surface area contributed by atoms with Gasteiger partial charge in [0.05, 0.1) is 10.1 Å². The van der Waals surface area contributed by atoms with E-state index >= 15 is 0 Å². The number of rotatable bonds is 5. The molecule has 128 valence electrons. The van der Waals surface area contributed by atoms with E-state index in [1.165, 1.54) is 17.4 Å². The van der Waals surface area contributed by atoms with Crippen LogP contribution in [0.1, 0.15) is 24.6 Å². The van der Waals surface area contributed by atoms with Gasteiger partial charge < -0.3 is 4.52 Å². The molecular formula is C12H14F3N3O3S2. The molecule has 2 heterocycles. The molecule has 0 unspecified atom stereocenters. The van der Waals surface area contributed by atoms with Crippen LogP contribution >= 0.6 is 11.3 Å². The van der Waals surface area contributed by atoms with Crippen molar-refractivity contribution in [2.45, 2.75) is 31.8 Å². The summed E-state index contributed by atoms with van der Waals surface area (Å²) in [5.41, 5.74) is 0. The average Bonchev–Trinajstić information content (AvgIpc) is 3.05. The first kappa shape index (κ1) is 17.9. The van der Waals surface area contributed by atoms with Gasteiger partial charge in [-0.2, -0.15) is 22.5 Å². The first-order chi connectivity index (χ1) is 10.5. The van der Waals surface area contributed by atoms with Crippen molar-refractivity contribution in [3.8, 4) is 10.7 Å². The molecule has 0 atom stereocenters. The molecule has 23 heavy (non-hydrogen) atoms. The summed E-state index contributed by atoms with van der Waals surface area (Å²) in [5.74, 6) is -1.59. The molecule has 0 spiro atoms. The first-order valence-electron chi connectivity index (χ1n) is 6.47. The Bertz CT molecular complexity index is 781. The lowest BCUT2D eigenvalue weighted by Gasteiger charge is -2.18. The molecule has 6 nitrogen and oxygen atoms in total. The quantitative estimate of drug-likeness (QED) is 0.810. The normalized spacial score (nSPS) is 13.2. The molecule has 0 aromatic carbocycles. The summed E-state index contributed by atoms with van der Waals surface area (Å²) in [5, 5.41) is 2.74. The molecule has 2 aromatic rings. The molecule has 0 saturated heterocycles. The van der Waals surface area contributed by atoms with Gasteiger partial charge in [-0.1, -0.05) is 5.16 Å². The van der Waals surface area contributed by atoms with Crippen LogP contribution in [0, 0.1) is 0 Å². The number of aromatic nitrogens is 2. The third-order valence-corrected chi connectivity index (χ3v) is 6.21. The van der Waals surface area contributed by atoms with Crippen LogP contribution in [0.5, 0.6) is 0 Å². The highest BCUT2D eigenvalue weighted by molar-refractivity contribution is 7.89. The number of hydrogen-bond donors (Lipinski definition) is 0. The van der Waals surface area contributed by atoms with E-state index < -0.39 is 27.3 Å². The van der Waals surface area contributed by atoms with E-state index in [-0.39, 0.29) is 12.4 Å². The van der Waals surface area contributed by atoms with Gasteiger partial charge in [-0.15, -0.1) is 11.3 Å². The smallest absolute Gasteiger partial charge is 0.329 e. The van der Waals surface area contributed by atoms with Gasteiger partial charge in [0.1, 0.15) is 0 Å². The minimum Gasteiger partial charge on any atom is -0.329 e. The molecule has 0 saturated carbocycles. The fraction of sp³-hybridized carbons (Fsp3) is 0.500. The third-order valence-electron chi connectivity index (χ3n) is 2.96. The van der Waals surface area contributed by atoms with Gasteiger partial charge in [-0.25, -0.2) is 8.42 Å². The number of thiophene rings is 1. The van der Waals surface area contributed by atoms with Crippen molar-refractivity contribution in [2.75, 3.05) is 7.05 Å². The lowest BCUT2D eigenvalue weighted by molar-refractivity contribution is -0.159. The zero-order valence-electron chi connectivity index (χ0n) is 12.5. The molecular weight excluding hydrogens is 355 g/mol. The van der Waals surface area contributed by atoms with Crippen molar-refractivity contribution in [2.24, 2.45) is 0 Å². The fourth-order valence-electron chi connectivity index (χ4n) is 1.69. The topological polar surface area (TPSA) is 76.3 Å². The molecule has 2 aromatic heterocycles. The third kappa shape index (κ3) is 3.90. The van der Waals surface area contributed by atoms with Gasteiger partial charge >= 0.3 is 12.1 Å². The maximum atomic E-state index is 12.4. The van der Waals surface area contributed by atoms with Crippen LogP contribution in [0.4, 0.5) is 13.2 Å². The summed E-state index contributed by atoms with van der Waals surface area (Å²) in [6, 6.07) is 3.15. The lowest BCUT2D eigenvalue weighted by Crippen LogP contribution is -2.32. The van der Waals surface area contributed by atoms with Gasteiger partial charge in [0.2, 0.25) is 15.8 Å². The average molecular weight is 369 g/mol. The lowest BCUT2D eigenvalue weighted by atomic mass is 10.4. The minimum atomic E-state index is -4.70. The van der Waals surface area contributed by atoms with E-state index in [2.05, 4.69) is 14.7 Å². The molecule has 0 fully saturated rings. The molecule has 0 aliphatic rings. The number of nitrogens with zero attached hydrogens (tertiary/aromatic N) is 3. The largest absolute Gasteiger partial charge is 0.471 e. The van der Waals surface area contributed by atoms with Crippen LogP contribution in [-0.2, 0) is 22.7 Å². The molecule has 0 N–H and O–H groups in total. The van der Waals surface area contributed by atoms with E-state index in [0.717, 1.165) is 11.3 Å². The highest BCUT2D eigenvalue weighted by Gasteiger charge is 2.38. The standard InChI is InChI=1S/C12H14F3N3O3S2/c1-7(2)23(19,20)18(3)6-8-4-5-9(22-8)10-16-11(21-17-10)12(13,14)15/h4-5,7H,6H2,1-3H3. The van der Waals surface area contributed by atoms with Crippen molar-refractivity contribution in [3.05, 3.63) is 22.9 Å². The summed E-state index contributed by atoms with van der Waals surface area (Å²) in [4.78, 5) is 4.32. The Balaban J connectivity index is 2.17. The molecule has 11 heteroatoms. The zero-order chi connectivity index (χ0) is 17.4. The van der Waals surface area contributed by atoms with Crippen molar-refractivity contribution in [1.82, 2.24) is 14.4 Å². The van der Waals surface area contributed by atoms with Gasteiger partial charge in [-0.05, 0) is 26.0 Å². The summed E-state index contributed by atoms with van der Waals surface area (Å²) in [7, 11) is -1.96. The summed E-state index contributed by atoms with van der Waals surface area (Å²) < 4.78 is 66.7. The molecule has 2 rings (SSSR count). The molecule has 0 amide bonds. The van der Waals surface area contributed by atoms with Crippen LogP contribution in [0.2, 0.25) is 0 Å². The second-order valence-electron chi connectivity index (χ2n) is 5.04. The Labute approximate surface area is 135 Å².